The first kappa shape index (κ1) is 15.2. The van der Waals surface area contributed by atoms with Gasteiger partial charge in [-0.25, -0.2) is 0 Å². The average molecular weight is 264 g/mol. The van der Waals surface area contributed by atoms with E-state index >= 15 is 0 Å². The van der Waals surface area contributed by atoms with Crippen LogP contribution in [0.3, 0.4) is 0 Å². The molecule has 0 radical (unpaired) electrons. The zero-order valence-corrected chi connectivity index (χ0v) is 9.38. The van der Waals surface area contributed by atoms with Crippen LogP contribution in [-0.2, 0) is 9.59 Å². The van der Waals surface area contributed by atoms with Crippen molar-refractivity contribution in [2.75, 3.05) is 0 Å². The molecule has 8 nitrogen and oxygen atoms in total. The van der Waals surface area contributed by atoms with Gasteiger partial charge in [0.05, 0.1) is 0 Å². The van der Waals surface area contributed by atoms with Gasteiger partial charge in [0.2, 0.25) is 0 Å². The second-order valence-corrected chi connectivity index (χ2v) is 4.50. The molecule has 0 aromatic carbocycles. The Balaban J connectivity index is 3.17. The van der Waals surface area contributed by atoms with E-state index in [0.29, 0.717) is 0 Å². The predicted octanol–water partition coefficient (Wildman–Crippen LogP) is -3.92. The predicted molar refractivity (Wildman–Crippen MR) is 55.3 cm³/mol. The molecule has 6 N–H and O–H groups in total. The highest BCUT2D eigenvalue weighted by Crippen LogP contribution is 2.39. The lowest BCUT2D eigenvalue weighted by Gasteiger charge is -2.52. The first-order valence-corrected chi connectivity index (χ1v) is 5.30. The summed E-state index contributed by atoms with van der Waals surface area (Å²) < 4.78 is 0. The van der Waals surface area contributed by atoms with E-state index in [2.05, 4.69) is 0 Å². The number of hydrogen-bond donors (Lipinski definition) is 6. The molecule has 0 spiro atoms. The van der Waals surface area contributed by atoms with Crippen LogP contribution in [0.1, 0.15) is 12.8 Å². The molecule has 0 bridgehead atoms. The maximum Gasteiger partial charge on any atom is 0.128 e. The van der Waals surface area contributed by atoms with E-state index in [1.54, 1.807) is 0 Å². The lowest BCUT2D eigenvalue weighted by atomic mass is 9.66. The molecule has 18 heavy (non-hydrogen) atoms. The van der Waals surface area contributed by atoms with Gasteiger partial charge in [-0.2, -0.15) is 0 Å². The second-order valence-electron chi connectivity index (χ2n) is 4.50. The molecule has 0 aliphatic heterocycles. The van der Waals surface area contributed by atoms with Crippen LogP contribution in [0.5, 0.6) is 0 Å². The van der Waals surface area contributed by atoms with Gasteiger partial charge < -0.3 is 40.2 Å². The molecule has 0 aromatic rings. The fourth-order valence-electron chi connectivity index (χ4n) is 2.19. The highest BCUT2D eigenvalue weighted by Gasteiger charge is 2.63. The molecule has 1 aliphatic rings. The van der Waals surface area contributed by atoms with Crippen molar-refractivity contribution in [3.63, 3.8) is 0 Å². The lowest BCUT2D eigenvalue weighted by molar-refractivity contribution is -0.300. The summed E-state index contributed by atoms with van der Waals surface area (Å²) >= 11 is 0. The number of aliphatic hydroxyl groups excluding tert-OH is 4. The Morgan fingerprint density at radius 2 is 0.944 bits per heavy atom. The zero-order valence-electron chi connectivity index (χ0n) is 9.38. The van der Waals surface area contributed by atoms with Gasteiger partial charge in [-0.05, 0) is 0 Å². The standard InChI is InChI=1S/C10H16O8/c11-3-1-9(17)5(13)7(15)10(18,2-4-12)8(16)6(9)14/h3-8,13-18H,1-2H2/t5-,6+,7-,8+,9-,10+. The third-order valence-electron chi connectivity index (χ3n) is 3.47. The number of rotatable bonds is 4. The molecule has 1 aliphatic carbocycles. The minimum atomic E-state index is -2.49. The minimum Gasteiger partial charge on any atom is -0.387 e. The van der Waals surface area contributed by atoms with Gasteiger partial charge in [-0.1, -0.05) is 0 Å². The molecule has 0 unspecified atom stereocenters. The molecular weight excluding hydrogens is 248 g/mol. The van der Waals surface area contributed by atoms with Crippen LogP contribution in [0.25, 0.3) is 0 Å². The molecular formula is C10H16O8. The molecule has 1 saturated carbocycles. The Labute approximate surface area is 102 Å². The summed E-state index contributed by atoms with van der Waals surface area (Å²) in [7, 11) is 0. The van der Waals surface area contributed by atoms with Crippen molar-refractivity contribution in [2.45, 2.75) is 48.5 Å². The van der Waals surface area contributed by atoms with Gasteiger partial charge in [0.15, 0.2) is 0 Å². The van der Waals surface area contributed by atoms with Crippen molar-refractivity contribution < 1.29 is 40.2 Å². The molecule has 0 saturated heterocycles. The SMILES string of the molecule is O=CC[C@@]1(O)[C@H](O)[C@@H](O)[C@@](O)(CC=O)[C@@H](O)[C@@H]1O. The third kappa shape index (κ3) is 1.96. The topological polar surface area (TPSA) is 156 Å². The van der Waals surface area contributed by atoms with Crippen LogP contribution >= 0.6 is 0 Å². The smallest absolute Gasteiger partial charge is 0.128 e. The molecule has 0 aromatic heterocycles. The molecule has 104 valence electrons. The monoisotopic (exact) mass is 264 g/mol. The van der Waals surface area contributed by atoms with Gasteiger partial charge >= 0.3 is 0 Å². The molecule has 1 rings (SSSR count). The average Bonchev–Trinajstić information content (AvgIpc) is 2.34. The number of hydrogen-bond acceptors (Lipinski definition) is 8. The number of carbonyl (C=O) groups is 2. The number of aliphatic hydroxyl groups is 6. The summed E-state index contributed by atoms with van der Waals surface area (Å²) in [6, 6.07) is 0. The van der Waals surface area contributed by atoms with E-state index in [-0.39, 0.29) is 12.6 Å². The molecule has 6 atom stereocenters. The molecule has 0 heterocycles. The van der Waals surface area contributed by atoms with Crippen molar-refractivity contribution >= 4 is 12.6 Å². The fourth-order valence-corrected chi connectivity index (χ4v) is 2.19. The van der Waals surface area contributed by atoms with E-state index in [0.717, 1.165) is 0 Å². The summed E-state index contributed by atoms with van der Waals surface area (Å²) in [5.41, 5.74) is -4.98. The summed E-state index contributed by atoms with van der Waals surface area (Å²) in [6.07, 6.45) is -9.48. The van der Waals surface area contributed by atoms with Crippen LogP contribution in [0.4, 0.5) is 0 Å². The fraction of sp³-hybridized carbons (Fsp3) is 0.800. The molecule has 0 amide bonds. The highest BCUT2D eigenvalue weighted by atomic mass is 16.4. The summed E-state index contributed by atoms with van der Waals surface area (Å²) in [5.74, 6) is 0. The maximum absolute atomic E-state index is 10.4. The Hall–Kier alpha value is -0.900. The third-order valence-corrected chi connectivity index (χ3v) is 3.47. The van der Waals surface area contributed by atoms with Gasteiger partial charge in [0, 0.05) is 12.8 Å². The van der Waals surface area contributed by atoms with Gasteiger partial charge in [0.1, 0.15) is 48.2 Å². The van der Waals surface area contributed by atoms with Crippen molar-refractivity contribution in [3.05, 3.63) is 0 Å². The van der Waals surface area contributed by atoms with E-state index in [1.807, 2.05) is 0 Å². The van der Waals surface area contributed by atoms with E-state index < -0.39 is 48.5 Å². The normalized spacial score (nSPS) is 48.8. The van der Waals surface area contributed by atoms with E-state index in [1.165, 1.54) is 0 Å². The Morgan fingerprint density at radius 1 is 0.722 bits per heavy atom. The highest BCUT2D eigenvalue weighted by molar-refractivity contribution is 5.54. The zero-order chi connectivity index (χ0) is 14.1. The van der Waals surface area contributed by atoms with Gasteiger partial charge in [-0.3, -0.25) is 0 Å². The van der Waals surface area contributed by atoms with Crippen molar-refractivity contribution in [1.82, 2.24) is 0 Å². The van der Waals surface area contributed by atoms with Gasteiger partial charge in [-0.15, -0.1) is 0 Å². The molecule has 8 heteroatoms. The molecule has 1 fully saturated rings. The first-order chi connectivity index (χ1) is 8.25. The van der Waals surface area contributed by atoms with Crippen molar-refractivity contribution in [3.8, 4) is 0 Å². The minimum absolute atomic E-state index is 0.190. The number of carbonyl (C=O) groups excluding carboxylic acids is 2. The lowest BCUT2D eigenvalue weighted by Crippen LogP contribution is -2.76. The Bertz CT molecular complexity index is 282. The Kier molecular flexibility index (Phi) is 4.21. The summed E-state index contributed by atoms with van der Waals surface area (Å²) in [6.45, 7) is 0. The number of aldehydes is 2. The van der Waals surface area contributed by atoms with E-state index in [4.69, 9.17) is 0 Å². The Morgan fingerprint density at radius 3 is 1.11 bits per heavy atom. The van der Waals surface area contributed by atoms with Crippen LogP contribution in [0.2, 0.25) is 0 Å². The van der Waals surface area contributed by atoms with Crippen LogP contribution < -0.4 is 0 Å². The van der Waals surface area contributed by atoms with Crippen molar-refractivity contribution in [2.24, 2.45) is 0 Å². The van der Waals surface area contributed by atoms with E-state index in [9.17, 15) is 40.2 Å². The van der Waals surface area contributed by atoms with Crippen LogP contribution in [0.15, 0.2) is 0 Å². The first-order valence-electron chi connectivity index (χ1n) is 5.30. The van der Waals surface area contributed by atoms with Crippen molar-refractivity contribution in [1.29, 1.82) is 0 Å². The van der Waals surface area contributed by atoms with Crippen LogP contribution in [0, 0.1) is 0 Å². The largest absolute Gasteiger partial charge is 0.387 e. The maximum atomic E-state index is 10.4. The summed E-state index contributed by atoms with van der Waals surface area (Å²) in [5, 5.41) is 58.5. The summed E-state index contributed by atoms with van der Waals surface area (Å²) in [4.78, 5) is 20.8. The van der Waals surface area contributed by atoms with Crippen LogP contribution in [-0.4, -0.2) is 78.8 Å². The second kappa shape index (κ2) is 5.00. The van der Waals surface area contributed by atoms with Gasteiger partial charge in [0.25, 0.3) is 0 Å². The quantitative estimate of drug-likeness (QED) is 0.281.